The largest absolute Gasteiger partial charge is 0.435 e. The van der Waals surface area contributed by atoms with Crippen molar-refractivity contribution < 1.29 is 18.0 Å². The lowest BCUT2D eigenvalue weighted by Crippen LogP contribution is -2.28. The minimum Gasteiger partial charge on any atom is -0.352 e. The second kappa shape index (κ2) is 6.49. The Morgan fingerprint density at radius 3 is 2.67 bits per heavy atom. The van der Waals surface area contributed by atoms with Gasteiger partial charge in [-0.3, -0.25) is 9.48 Å². The third kappa shape index (κ3) is 4.22. The summed E-state index contributed by atoms with van der Waals surface area (Å²) in [4.78, 5) is 11.9. The molecule has 0 saturated heterocycles. The maximum absolute atomic E-state index is 12.8. The highest BCUT2D eigenvalue weighted by Crippen LogP contribution is 2.30. The lowest BCUT2D eigenvalue weighted by molar-refractivity contribution is -0.141. The van der Waals surface area contributed by atoms with Crippen molar-refractivity contribution in [3.05, 3.63) is 17.5 Å². The average Bonchev–Trinajstić information content (AvgIpc) is 2.82. The number of amides is 1. The van der Waals surface area contributed by atoms with E-state index in [-0.39, 0.29) is 0 Å². The lowest BCUT2D eigenvalue weighted by atomic mass is 9.87. The molecule has 21 heavy (non-hydrogen) atoms. The van der Waals surface area contributed by atoms with Gasteiger partial charge in [0.1, 0.15) is 0 Å². The Hall–Kier alpha value is -1.53. The first kappa shape index (κ1) is 15.9. The summed E-state index contributed by atoms with van der Waals surface area (Å²) < 4.78 is 39.4. The molecule has 0 bridgehead atoms. The van der Waals surface area contributed by atoms with Crippen LogP contribution in [-0.2, 0) is 13.2 Å². The first-order valence-electron chi connectivity index (χ1n) is 7.27. The summed E-state index contributed by atoms with van der Waals surface area (Å²) >= 11 is 0. The first-order valence-corrected chi connectivity index (χ1v) is 7.27. The molecule has 1 aliphatic carbocycles. The Balaban J connectivity index is 1.91. The van der Waals surface area contributed by atoms with Gasteiger partial charge in [0, 0.05) is 19.8 Å². The number of alkyl halides is 3. The van der Waals surface area contributed by atoms with E-state index >= 15 is 0 Å². The number of nitrogens with zero attached hydrogens (tertiary/aromatic N) is 2. The highest BCUT2D eigenvalue weighted by molar-refractivity contribution is 5.95. The topological polar surface area (TPSA) is 46.9 Å². The molecule has 0 spiro atoms. The normalized spacial score (nSPS) is 17.0. The molecule has 0 radical (unpaired) electrons. The standard InChI is InChI=1S/C14H20F3N3O/c1-20-9-11(12(19-20)14(15,16)17)13(21)18-8-7-10-5-3-2-4-6-10/h9-10H,2-8H2,1H3,(H,18,21). The van der Waals surface area contributed by atoms with Gasteiger partial charge >= 0.3 is 6.18 Å². The van der Waals surface area contributed by atoms with E-state index in [1.807, 2.05) is 0 Å². The summed E-state index contributed by atoms with van der Waals surface area (Å²) in [6.07, 6.45) is 3.29. The van der Waals surface area contributed by atoms with Gasteiger partial charge in [0.05, 0.1) is 5.56 Å². The Kier molecular flexibility index (Phi) is 4.90. The summed E-state index contributed by atoms with van der Waals surface area (Å²) in [7, 11) is 1.37. The summed E-state index contributed by atoms with van der Waals surface area (Å²) in [5.41, 5.74) is -1.53. The predicted molar refractivity (Wildman–Crippen MR) is 71.7 cm³/mol. The molecular formula is C14H20F3N3O. The van der Waals surface area contributed by atoms with Crippen LogP contribution in [0.25, 0.3) is 0 Å². The van der Waals surface area contributed by atoms with E-state index in [0.29, 0.717) is 12.5 Å². The van der Waals surface area contributed by atoms with Crippen molar-refractivity contribution >= 4 is 5.91 Å². The van der Waals surface area contributed by atoms with Crippen LogP contribution in [-0.4, -0.2) is 22.2 Å². The molecule has 0 aliphatic heterocycles. The molecule has 1 aromatic rings. The van der Waals surface area contributed by atoms with Crippen LogP contribution in [0.3, 0.4) is 0 Å². The second-order valence-electron chi connectivity index (χ2n) is 5.61. The van der Waals surface area contributed by atoms with Crippen LogP contribution in [0.1, 0.15) is 54.6 Å². The van der Waals surface area contributed by atoms with Gasteiger partial charge in [-0.15, -0.1) is 0 Å². The van der Waals surface area contributed by atoms with Crippen LogP contribution < -0.4 is 5.32 Å². The molecule has 1 saturated carbocycles. The van der Waals surface area contributed by atoms with Gasteiger partial charge in [0.15, 0.2) is 5.69 Å². The Morgan fingerprint density at radius 2 is 2.05 bits per heavy atom. The third-order valence-corrected chi connectivity index (χ3v) is 3.90. The van der Waals surface area contributed by atoms with Crippen LogP contribution in [0.15, 0.2) is 6.20 Å². The Labute approximate surface area is 121 Å². The van der Waals surface area contributed by atoms with Gasteiger partial charge in [-0.2, -0.15) is 18.3 Å². The molecule has 118 valence electrons. The van der Waals surface area contributed by atoms with Crippen molar-refractivity contribution in [1.29, 1.82) is 0 Å². The van der Waals surface area contributed by atoms with Crippen molar-refractivity contribution in [2.45, 2.75) is 44.7 Å². The molecule has 1 aromatic heterocycles. The van der Waals surface area contributed by atoms with Gasteiger partial charge < -0.3 is 5.32 Å². The number of carbonyl (C=O) groups excluding carboxylic acids is 1. The van der Waals surface area contributed by atoms with Gasteiger partial charge in [0.25, 0.3) is 5.91 Å². The molecular weight excluding hydrogens is 283 g/mol. The van der Waals surface area contributed by atoms with Crippen molar-refractivity contribution in [2.24, 2.45) is 13.0 Å². The first-order chi connectivity index (χ1) is 9.88. The molecule has 1 fully saturated rings. The summed E-state index contributed by atoms with van der Waals surface area (Å²) in [5.74, 6) is -0.124. The highest BCUT2D eigenvalue weighted by Gasteiger charge is 2.38. The SMILES string of the molecule is Cn1cc(C(=O)NCCC2CCCCC2)c(C(F)(F)F)n1. The van der Waals surface area contributed by atoms with E-state index in [1.165, 1.54) is 26.3 Å². The van der Waals surface area contributed by atoms with Gasteiger partial charge in [-0.25, -0.2) is 0 Å². The van der Waals surface area contributed by atoms with E-state index in [1.54, 1.807) is 0 Å². The number of nitrogens with one attached hydrogen (secondary N) is 1. The Bertz CT molecular complexity index is 490. The van der Waals surface area contributed by atoms with E-state index in [2.05, 4.69) is 10.4 Å². The summed E-state index contributed by atoms with van der Waals surface area (Å²) in [6.45, 7) is 0.412. The Morgan fingerprint density at radius 1 is 1.38 bits per heavy atom. The van der Waals surface area contributed by atoms with Crippen LogP contribution in [0.4, 0.5) is 13.2 Å². The van der Waals surface area contributed by atoms with Crippen molar-refractivity contribution in [3.63, 3.8) is 0 Å². The fraction of sp³-hybridized carbons (Fsp3) is 0.714. The number of carbonyl (C=O) groups is 1. The maximum atomic E-state index is 12.8. The minimum absolute atomic E-state index is 0.409. The van der Waals surface area contributed by atoms with E-state index in [0.717, 1.165) is 30.1 Å². The average molecular weight is 303 g/mol. The second-order valence-corrected chi connectivity index (χ2v) is 5.61. The van der Waals surface area contributed by atoms with Gasteiger partial charge in [-0.1, -0.05) is 32.1 Å². The molecule has 1 amide bonds. The molecule has 1 N–H and O–H groups in total. The summed E-state index contributed by atoms with van der Waals surface area (Å²) in [6, 6.07) is 0. The molecule has 7 heteroatoms. The monoisotopic (exact) mass is 303 g/mol. The van der Waals surface area contributed by atoms with Crippen LogP contribution in [0.5, 0.6) is 0 Å². The van der Waals surface area contributed by atoms with Crippen molar-refractivity contribution in [3.8, 4) is 0 Å². The fourth-order valence-corrected chi connectivity index (χ4v) is 2.82. The number of aryl methyl sites for hydroxylation is 1. The molecule has 0 aromatic carbocycles. The van der Waals surface area contributed by atoms with Crippen molar-refractivity contribution in [1.82, 2.24) is 15.1 Å². The van der Waals surface area contributed by atoms with Crippen LogP contribution in [0.2, 0.25) is 0 Å². The lowest BCUT2D eigenvalue weighted by Gasteiger charge is -2.21. The number of rotatable bonds is 4. The van der Waals surface area contributed by atoms with Crippen LogP contribution in [0, 0.1) is 5.92 Å². The zero-order chi connectivity index (χ0) is 15.5. The molecule has 0 unspecified atom stereocenters. The molecule has 0 atom stereocenters. The maximum Gasteiger partial charge on any atom is 0.435 e. The van der Waals surface area contributed by atoms with Crippen LogP contribution >= 0.6 is 0 Å². The van der Waals surface area contributed by atoms with Gasteiger partial charge in [0.2, 0.25) is 0 Å². The predicted octanol–water partition coefficient (Wildman–Crippen LogP) is 3.14. The highest BCUT2D eigenvalue weighted by atomic mass is 19.4. The molecule has 2 rings (SSSR count). The number of halogens is 3. The zero-order valence-corrected chi connectivity index (χ0v) is 12.0. The van der Waals surface area contributed by atoms with Crippen molar-refractivity contribution in [2.75, 3.05) is 6.54 Å². The summed E-state index contributed by atoms with van der Waals surface area (Å²) in [5, 5.41) is 5.91. The van der Waals surface area contributed by atoms with E-state index in [4.69, 9.17) is 0 Å². The van der Waals surface area contributed by atoms with E-state index in [9.17, 15) is 18.0 Å². The van der Waals surface area contributed by atoms with Gasteiger partial charge in [-0.05, 0) is 12.3 Å². The fourth-order valence-electron chi connectivity index (χ4n) is 2.82. The number of hydrogen-bond donors (Lipinski definition) is 1. The number of hydrogen-bond acceptors (Lipinski definition) is 2. The quantitative estimate of drug-likeness (QED) is 0.929. The minimum atomic E-state index is -4.61. The number of aromatic nitrogens is 2. The molecule has 4 nitrogen and oxygen atoms in total. The molecule has 1 aliphatic rings. The smallest absolute Gasteiger partial charge is 0.352 e. The third-order valence-electron chi connectivity index (χ3n) is 3.90. The molecule has 1 heterocycles. The van der Waals surface area contributed by atoms with E-state index < -0.39 is 23.3 Å². The zero-order valence-electron chi connectivity index (χ0n) is 12.0.